The Hall–Kier alpha value is -2.51. The lowest BCUT2D eigenvalue weighted by Gasteiger charge is -2.32. The summed E-state index contributed by atoms with van der Waals surface area (Å²) in [4.78, 5) is 2.21. The van der Waals surface area contributed by atoms with Gasteiger partial charge in [-0.2, -0.15) is 5.26 Å². The van der Waals surface area contributed by atoms with Gasteiger partial charge in [0, 0.05) is 18.8 Å². The number of nitrogens with one attached hydrogen (secondary N) is 1. The lowest BCUT2D eigenvalue weighted by Crippen LogP contribution is -2.36. The van der Waals surface area contributed by atoms with E-state index < -0.39 is 0 Å². The zero-order valence-electron chi connectivity index (χ0n) is 15.0. The molecule has 0 bridgehead atoms. The predicted octanol–water partition coefficient (Wildman–Crippen LogP) is 4.01. The molecule has 2 aliphatic rings. The van der Waals surface area contributed by atoms with Crippen LogP contribution in [0.15, 0.2) is 42.5 Å². The molecule has 0 saturated carbocycles. The van der Waals surface area contributed by atoms with Crippen LogP contribution in [0.5, 0.6) is 0 Å². The van der Waals surface area contributed by atoms with Crippen molar-refractivity contribution in [2.75, 3.05) is 23.3 Å². The molecule has 1 aliphatic carbocycles. The van der Waals surface area contributed by atoms with Crippen molar-refractivity contribution in [2.24, 2.45) is 0 Å². The number of aryl methyl sites for hydroxylation is 1. The van der Waals surface area contributed by atoms with Gasteiger partial charge in [-0.1, -0.05) is 24.3 Å². The number of fused-ring (bicyclic) bond motifs is 1. The van der Waals surface area contributed by atoms with Gasteiger partial charge in [0.15, 0.2) is 0 Å². The molecule has 4 nitrogen and oxygen atoms in total. The number of anilines is 2. The Morgan fingerprint density at radius 1 is 1.08 bits per heavy atom. The monoisotopic (exact) mass is 347 g/mol. The number of aliphatic hydroxyl groups is 1. The minimum Gasteiger partial charge on any atom is -0.393 e. The van der Waals surface area contributed by atoms with Gasteiger partial charge in [-0.15, -0.1) is 0 Å². The van der Waals surface area contributed by atoms with Crippen molar-refractivity contribution in [1.29, 1.82) is 5.26 Å². The Kier molecular flexibility index (Phi) is 4.81. The van der Waals surface area contributed by atoms with Gasteiger partial charge in [0.2, 0.25) is 0 Å². The molecule has 4 heteroatoms. The molecular formula is C22H25N3O. The van der Waals surface area contributed by atoms with E-state index in [-0.39, 0.29) is 6.10 Å². The molecule has 1 unspecified atom stereocenters. The van der Waals surface area contributed by atoms with Crippen LogP contribution < -0.4 is 10.2 Å². The maximum absolute atomic E-state index is 9.71. The van der Waals surface area contributed by atoms with Gasteiger partial charge < -0.3 is 15.3 Å². The lowest BCUT2D eigenvalue weighted by atomic mass is 9.87. The maximum Gasteiger partial charge on any atom is 0.101 e. The van der Waals surface area contributed by atoms with Crippen LogP contribution in [0.4, 0.5) is 11.4 Å². The highest BCUT2D eigenvalue weighted by atomic mass is 16.3. The third-order valence-electron chi connectivity index (χ3n) is 5.63. The highest BCUT2D eigenvalue weighted by Gasteiger charge is 2.22. The van der Waals surface area contributed by atoms with Gasteiger partial charge in [0.1, 0.15) is 6.07 Å². The average Bonchev–Trinajstić information content (AvgIpc) is 2.69. The van der Waals surface area contributed by atoms with Gasteiger partial charge in [0.05, 0.1) is 23.4 Å². The standard InChI is InChI=1S/C22H25N3O/c23-15-17-14-18(8-9-22(17)25-12-10-19(26)11-13-25)24-21-7-3-5-16-4-1-2-6-20(16)21/h1-2,4,6,8-9,14,19,21,24,26H,3,5,7,10-13H2. The Labute approximate surface area is 155 Å². The molecule has 1 aliphatic heterocycles. The summed E-state index contributed by atoms with van der Waals surface area (Å²) in [5, 5.41) is 23.0. The smallest absolute Gasteiger partial charge is 0.101 e. The fourth-order valence-corrected chi connectivity index (χ4v) is 4.20. The molecule has 26 heavy (non-hydrogen) atoms. The summed E-state index contributed by atoms with van der Waals surface area (Å²) < 4.78 is 0. The molecule has 0 aromatic heterocycles. The molecule has 0 radical (unpaired) electrons. The van der Waals surface area contributed by atoms with E-state index in [4.69, 9.17) is 0 Å². The summed E-state index contributed by atoms with van der Waals surface area (Å²) in [5.74, 6) is 0. The molecule has 2 aromatic rings. The van der Waals surface area contributed by atoms with E-state index in [1.807, 2.05) is 12.1 Å². The normalized spacial score (nSPS) is 20.3. The van der Waals surface area contributed by atoms with Crippen LogP contribution in [0.2, 0.25) is 0 Å². The van der Waals surface area contributed by atoms with Gasteiger partial charge in [-0.3, -0.25) is 0 Å². The first kappa shape index (κ1) is 16.9. The molecule has 134 valence electrons. The number of nitriles is 1. The van der Waals surface area contributed by atoms with Gasteiger partial charge >= 0.3 is 0 Å². The first-order valence-corrected chi connectivity index (χ1v) is 9.56. The molecule has 1 fully saturated rings. The summed E-state index contributed by atoms with van der Waals surface area (Å²) in [5.41, 5.74) is 5.50. The molecular weight excluding hydrogens is 322 g/mol. The van der Waals surface area contributed by atoms with Crippen LogP contribution in [0.1, 0.15) is 48.4 Å². The van der Waals surface area contributed by atoms with Crippen LogP contribution in [0.25, 0.3) is 0 Å². The van der Waals surface area contributed by atoms with Gasteiger partial charge in [-0.05, 0) is 61.4 Å². The quantitative estimate of drug-likeness (QED) is 0.881. The highest BCUT2D eigenvalue weighted by Crippen LogP contribution is 2.34. The third-order valence-corrected chi connectivity index (χ3v) is 5.63. The van der Waals surface area contributed by atoms with Gasteiger partial charge in [-0.25, -0.2) is 0 Å². The van der Waals surface area contributed by atoms with Crippen LogP contribution in [0, 0.1) is 11.3 Å². The van der Waals surface area contributed by atoms with E-state index in [2.05, 4.69) is 46.6 Å². The van der Waals surface area contributed by atoms with Crippen molar-refractivity contribution < 1.29 is 5.11 Å². The Balaban J connectivity index is 1.55. The Morgan fingerprint density at radius 2 is 1.88 bits per heavy atom. The second-order valence-electron chi connectivity index (χ2n) is 7.35. The lowest BCUT2D eigenvalue weighted by molar-refractivity contribution is 0.145. The van der Waals surface area contributed by atoms with Crippen molar-refractivity contribution in [3.8, 4) is 6.07 Å². The second-order valence-corrected chi connectivity index (χ2v) is 7.35. The second kappa shape index (κ2) is 7.39. The summed E-state index contributed by atoms with van der Waals surface area (Å²) in [7, 11) is 0. The number of rotatable bonds is 3. The number of aliphatic hydroxyl groups excluding tert-OH is 1. The number of piperidine rings is 1. The first-order valence-electron chi connectivity index (χ1n) is 9.56. The SMILES string of the molecule is N#Cc1cc(NC2CCCc3ccccc32)ccc1N1CCC(O)CC1. The number of hydrogen-bond acceptors (Lipinski definition) is 4. The molecule has 0 amide bonds. The zero-order chi connectivity index (χ0) is 17.9. The first-order chi connectivity index (χ1) is 12.7. The molecule has 2 aromatic carbocycles. The van der Waals surface area contributed by atoms with Crippen LogP contribution in [-0.2, 0) is 6.42 Å². The molecule has 1 atom stereocenters. The van der Waals surface area contributed by atoms with Crippen LogP contribution in [-0.4, -0.2) is 24.3 Å². The largest absolute Gasteiger partial charge is 0.393 e. The third kappa shape index (κ3) is 3.40. The van der Waals surface area contributed by atoms with Crippen molar-refractivity contribution >= 4 is 11.4 Å². The van der Waals surface area contributed by atoms with Crippen LogP contribution in [0.3, 0.4) is 0 Å². The number of nitrogens with zero attached hydrogens (tertiary/aromatic N) is 2. The fourth-order valence-electron chi connectivity index (χ4n) is 4.20. The number of benzene rings is 2. The van der Waals surface area contributed by atoms with E-state index in [0.29, 0.717) is 11.6 Å². The summed E-state index contributed by atoms with van der Waals surface area (Å²) >= 11 is 0. The van der Waals surface area contributed by atoms with E-state index in [1.165, 1.54) is 17.5 Å². The topological polar surface area (TPSA) is 59.3 Å². The van der Waals surface area contributed by atoms with Gasteiger partial charge in [0.25, 0.3) is 0 Å². The molecule has 0 spiro atoms. The van der Waals surface area contributed by atoms with Crippen molar-refractivity contribution in [1.82, 2.24) is 0 Å². The fraction of sp³-hybridized carbons (Fsp3) is 0.409. The predicted molar refractivity (Wildman–Crippen MR) is 104 cm³/mol. The minimum atomic E-state index is -0.205. The molecule has 1 heterocycles. The summed E-state index contributed by atoms with van der Waals surface area (Å²) in [6.45, 7) is 1.61. The molecule has 4 rings (SSSR count). The van der Waals surface area contributed by atoms with Crippen LogP contribution >= 0.6 is 0 Å². The molecule has 2 N–H and O–H groups in total. The Bertz CT molecular complexity index is 818. The zero-order valence-corrected chi connectivity index (χ0v) is 15.0. The molecule has 1 saturated heterocycles. The van der Waals surface area contributed by atoms with E-state index >= 15 is 0 Å². The van der Waals surface area contributed by atoms with E-state index in [1.54, 1.807) is 0 Å². The summed E-state index contributed by atoms with van der Waals surface area (Å²) in [6.07, 6.45) is 4.79. The van der Waals surface area contributed by atoms with E-state index in [9.17, 15) is 10.4 Å². The van der Waals surface area contributed by atoms with E-state index in [0.717, 1.165) is 50.1 Å². The number of hydrogen-bond donors (Lipinski definition) is 2. The van der Waals surface area contributed by atoms with Crippen molar-refractivity contribution in [3.05, 3.63) is 59.2 Å². The maximum atomic E-state index is 9.71. The van der Waals surface area contributed by atoms with Crippen molar-refractivity contribution in [3.63, 3.8) is 0 Å². The minimum absolute atomic E-state index is 0.205. The highest BCUT2D eigenvalue weighted by molar-refractivity contribution is 5.66. The Morgan fingerprint density at radius 3 is 2.69 bits per heavy atom. The average molecular weight is 347 g/mol. The summed E-state index contributed by atoms with van der Waals surface area (Å²) in [6, 6.07) is 17.4. The van der Waals surface area contributed by atoms with Crippen molar-refractivity contribution in [2.45, 2.75) is 44.2 Å².